The van der Waals surface area contributed by atoms with Gasteiger partial charge in [0.2, 0.25) is 0 Å². The van der Waals surface area contributed by atoms with Gasteiger partial charge in [-0.3, -0.25) is 0 Å². The van der Waals surface area contributed by atoms with Crippen LogP contribution in [0.25, 0.3) is 10.9 Å². The van der Waals surface area contributed by atoms with Crippen molar-refractivity contribution < 1.29 is 0 Å². The summed E-state index contributed by atoms with van der Waals surface area (Å²) < 4.78 is 0. The minimum absolute atomic E-state index is 0.666. The number of nitrogens with two attached hydrogens (primary N) is 1. The summed E-state index contributed by atoms with van der Waals surface area (Å²) in [6, 6.07) is 6.09. The smallest absolute Gasteiger partial charge is 0.0500 e. The largest absolute Gasteiger partial charge is 0.358 e. The second kappa shape index (κ2) is 3.64. The highest BCUT2D eigenvalue weighted by molar-refractivity contribution is 6.32. The Balaban J connectivity index is 2.59. The molecule has 0 bridgehead atoms. The van der Waals surface area contributed by atoms with Crippen molar-refractivity contribution in [1.29, 1.82) is 0 Å². The van der Waals surface area contributed by atoms with Crippen molar-refractivity contribution in [3.8, 4) is 0 Å². The topological polar surface area (TPSA) is 41.8 Å². The van der Waals surface area contributed by atoms with E-state index in [1.807, 2.05) is 19.1 Å². The average Bonchev–Trinajstić information content (AvgIpc) is 2.56. The van der Waals surface area contributed by atoms with Gasteiger partial charge >= 0.3 is 0 Å². The maximum absolute atomic E-state index is 6.03. The van der Waals surface area contributed by atoms with E-state index in [0.29, 0.717) is 6.54 Å². The summed E-state index contributed by atoms with van der Waals surface area (Å²) in [6.45, 7) is 2.69. The van der Waals surface area contributed by atoms with Crippen LogP contribution in [0.1, 0.15) is 11.3 Å². The van der Waals surface area contributed by atoms with Crippen LogP contribution in [0.5, 0.6) is 0 Å². The average molecular weight is 209 g/mol. The molecule has 74 valence electrons. The maximum atomic E-state index is 6.03. The zero-order valence-electron chi connectivity index (χ0n) is 8.10. The van der Waals surface area contributed by atoms with E-state index in [2.05, 4.69) is 11.1 Å². The Hall–Kier alpha value is -0.990. The molecule has 0 spiro atoms. The molecule has 3 heteroatoms. The number of aromatic amines is 1. The predicted molar refractivity (Wildman–Crippen MR) is 60.8 cm³/mol. The fraction of sp³-hybridized carbons (Fsp3) is 0.273. The van der Waals surface area contributed by atoms with Gasteiger partial charge in [-0.25, -0.2) is 0 Å². The molecule has 0 aliphatic heterocycles. The molecule has 1 aromatic carbocycles. The number of nitrogens with one attached hydrogen (secondary N) is 1. The standard InChI is InChI=1S/C11H13ClN2/c1-7-10(12)3-2-8-6-9(4-5-13)14-11(7)8/h2-3,6,14H,4-5,13H2,1H3. The lowest BCUT2D eigenvalue weighted by atomic mass is 10.1. The van der Waals surface area contributed by atoms with Gasteiger partial charge in [-0.05, 0) is 37.6 Å². The summed E-state index contributed by atoms with van der Waals surface area (Å²) in [5.41, 5.74) is 8.91. The molecule has 2 rings (SSSR count). The van der Waals surface area contributed by atoms with Crippen LogP contribution < -0.4 is 5.73 Å². The molecular formula is C11H13ClN2. The van der Waals surface area contributed by atoms with Crippen molar-refractivity contribution >= 4 is 22.5 Å². The highest BCUT2D eigenvalue weighted by Crippen LogP contribution is 2.25. The van der Waals surface area contributed by atoms with E-state index in [-0.39, 0.29) is 0 Å². The molecule has 2 aromatic rings. The molecule has 0 fully saturated rings. The zero-order chi connectivity index (χ0) is 10.1. The summed E-state index contributed by atoms with van der Waals surface area (Å²) in [4.78, 5) is 3.34. The van der Waals surface area contributed by atoms with Gasteiger partial charge in [0.15, 0.2) is 0 Å². The van der Waals surface area contributed by atoms with E-state index in [1.54, 1.807) is 0 Å². The van der Waals surface area contributed by atoms with Crippen LogP contribution in [-0.4, -0.2) is 11.5 Å². The molecule has 0 atom stereocenters. The van der Waals surface area contributed by atoms with E-state index in [1.165, 1.54) is 11.1 Å². The molecule has 0 radical (unpaired) electrons. The van der Waals surface area contributed by atoms with E-state index < -0.39 is 0 Å². The van der Waals surface area contributed by atoms with Crippen molar-refractivity contribution in [2.45, 2.75) is 13.3 Å². The number of H-pyrrole nitrogens is 1. The first-order chi connectivity index (χ1) is 6.72. The summed E-state index contributed by atoms with van der Waals surface area (Å²) in [6.07, 6.45) is 0.881. The number of hydrogen-bond donors (Lipinski definition) is 2. The van der Waals surface area contributed by atoms with Crippen LogP contribution in [0.3, 0.4) is 0 Å². The molecule has 2 nitrogen and oxygen atoms in total. The summed E-state index contributed by atoms with van der Waals surface area (Å²) in [5.74, 6) is 0. The molecular weight excluding hydrogens is 196 g/mol. The van der Waals surface area contributed by atoms with Crippen LogP contribution in [0.15, 0.2) is 18.2 Å². The Kier molecular flexibility index (Phi) is 2.48. The molecule has 1 aromatic heterocycles. The summed E-state index contributed by atoms with van der Waals surface area (Å²) in [7, 11) is 0. The van der Waals surface area contributed by atoms with Crippen LogP contribution in [-0.2, 0) is 6.42 Å². The lowest BCUT2D eigenvalue weighted by Gasteiger charge is -1.98. The number of aromatic nitrogens is 1. The molecule has 0 unspecified atom stereocenters. The third-order valence-corrected chi connectivity index (χ3v) is 2.87. The second-order valence-corrected chi connectivity index (χ2v) is 3.88. The fourth-order valence-electron chi connectivity index (χ4n) is 1.67. The van der Waals surface area contributed by atoms with Crippen LogP contribution in [0, 0.1) is 6.92 Å². The number of fused-ring (bicyclic) bond motifs is 1. The van der Waals surface area contributed by atoms with Gasteiger partial charge in [-0.1, -0.05) is 17.7 Å². The van der Waals surface area contributed by atoms with Crippen molar-refractivity contribution in [1.82, 2.24) is 4.98 Å². The van der Waals surface area contributed by atoms with Crippen molar-refractivity contribution in [3.63, 3.8) is 0 Å². The molecule has 0 amide bonds. The monoisotopic (exact) mass is 208 g/mol. The van der Waals surface area contributed by atoms with Crippen LogP contribution >= 0.6 is 11.6 Å². The molecule has 14 heavy (non-hydrogen) atoms. The van der Waals surface area contributed by atoms with Crippen molar-refractivity contribution in [2.24, 2.45) is 5.73 Å². The maximum Gasteiger partial charge on any atom is 0.0500 e. The van der Waals surface area contributed by atoms with Gasteiger partial charge in [0.1, 0.15) is 0 Å². The fourth-order valence-corrected chi connectivity index (χ4v) is 1.83. The first-order valence-electron chi connectivity index (χ1n) is 4.69. The SMILES string of the molecule is Cc1c(Cl)ccc2cc(CCN)[nH]c12. The highest BCUT2D eigenvalue weighted by atomic mass is 35.5. The normalized spacial score (nSPS) is 11.1. The van der Waals surface area contributed by atoms with Gasteiger partial charge < -0.3 is 10.7 Å². The number of aryl methyl sites for hydroxylation is 1. The summed E-state index contributed by atoms with van der Waals surface area (Å²) >= 11 is 6.03. The van der Waals surface area contributed by atoms with Gasteiger partial charge in [0.25, 0.3) is 0 Å². The Bertz CT molecular complexity index is 460. The van der Waals surface area contributed by atoms with Gasteiger partial charge in [0.05, 0.1) is 5.52 Å². The van der Waals surface area contributed by atoms with E-state index in [9.17, 15) is 0 Å². The molecule has 3 N–H and O–H groups in total. The summed E-state index contributed by atoms with van der Waals surface area (Å²) in [5, 5.41) is 2.01. The Morgan fingerprint density at radius 3 is 2.93 bits per heavy atom. The zero-order valence-corrected chi connectivity index (χ0v) is 8.86. The second-order valence-electron chi connectivity index (χ2n) is 3.47. The third kappa shape index (κ3) is 1.51. The van der Waals surface area contributed by atoms with Crippen LogP contribution in [0.4, 0.5) is 0 Å². The molecule has 0 saturated heterocycles. The number of hydrogen-bond acceptors (Lipinski definition) is 1. The Morgan fingerprint density at radius 2 is 2.21 bits per heavy atom. The number of halogens is 1. The van der Waals surface area contributed by atoms with Gasteiger partial charge in [-0.2, -0.15) is 0 Å². The van der Waals surface area contributed by atoms with Gasteiger partial charge in [0, 0.05) is 16.1 Å². The Morgan fingerprint density at radius 1 is 1.43 bits per heavy atom. The van der Waals surface area contributed by atoms with E-state index in [4.69, 9.17) is 17.3 Å². The van der Waals surface area contributed by atoms with Crippen LogP contribution in [0.2, 0.25) is 5.02 Å². The van der Waals surface area contributed by atoms with E-state index >= 15 is 0 Å². The third-order valence-electron chi connectivity index (χ3n) is 2.46. The van der Waals surface area contributed by atoms with Crippen molar-refractivity contribution in [2.75, 3.05) is 6.54 Å². The molecule has 1 heterocycles. The molecule has 0 saturated carbocycles. The number of benzene rings is 1. The molecule has 0 aliphatic carbocycles. The lowest BCUT2D eigenvalue weighted by molar-refractivity contribution is 0.939. The molecule has 0 aliphatic rings. The highest BCUT2D eigenvalue weighted by Gasteiger charge is 2.04. The predicted octanol–water partition coefficient (Wildman–Crippen LogP) is 2.63. The van der Waals surface area contributed by atoms with Crippen molar-refractivity contribution in [3.05, 3.63) is 34.5 Å². The quantitative estimate of drug-likeness (QED) is 0.783. The minimum atomic E-state index is 0.666. The van der Waals surface area contributed by atoms with Gasteiger partial charge in [-0.15, -0.1) is 0 Å². The Labute approximate surface area is 88.1 Å². The first-order valence-corrected chi connectivity index (χ1v) is 5.07. The van der Waals surface area contributed by atoms with E-state index in [0.717, 1.165) is 22.5 Å². The lowest BCUT2D eigenvalue weighted by Crippen LogP contribution is -2.02. The minimum Gasteiger partial charge on any atom is -0.358 e. The number of rotatable bonds is 2. The first kappa shape index (κ1) is 9.56.